The van der Waals surface area contributed by atoms with Crippen LogP contribution in [0.3, 0.4) is 0 Å². The first-order valence-electron chi connectivity index (χ1n) is 5.14. The number of rotatable bonds is 3. The van der Waals surface area contributed by atoms with E-state index >= 15 is 0 Å². The molecule has 0 amide bonds. The van der Waals surface area contributed by atoms with Gasteiger partial charge in [0.1, 0.15) is 0 Å². The number of ketones is 1. The number of nitrogens with zero attached hydrogens (tertiary/aromatic N) is 2. The summed E-state index contributed by atoms with van der Waals surface area (Å²) in [5.74, 6) is -0.0528. The van der Waals surface area contributed by atoms with Crippen LogP contribution < -0.4 is 0 Å². The number of aromatic nitrogens is 2. The molecule has 2 rings (SSSR count). The first kappa shape index (κ1) is 12.6. The number of hydrogen-bond acceptors (Lipinski definition) is 2. The average Bonchev–Trinajstić information content (AvgIpc) is 2.80. The van der Waals surface area contributed by atoms with Gasteiger partial charge in [-0.2, -0.15) is 5.10 Å². The molecule has 5 heteroatoms. The molecule has 0 aliphatic rings. The van der Waals surface area contributed by atoms with Crippen molar-refractivity contribution >= 4 is 40.0 Å². The van der Waals surface area contributed by atoms with Crippen LogP contribution in [0.2, 0.25) is 5.02 Å². The second-order valence-corrected chi connectivity index (χ2v) is 5.11. The van der Waals surface area contributed by atoms with Gasteiger partial charge in [-0.1, -0.05) is 11.6 Å². The molecule has 3 nitrogen and oxygen atoms in total. The molecule has 0 unspecified atom stereocenters. The molecule has 0 bridgehead atoms. The summed E-state index contributed by atoms with van der Waals surface area (Å²) in [7, 11) is 0. The van der Waals surface area contributed by atoms with Crippen LogP contribution in [0.25, 0.3) is 0 Å². The van der Waals surface area contributed by atoms with Gasteiger partial charge >= 0.3 is 0 Å². The minimum absolute atomic E-state index is 0.0528. The zero-order valence-electron chi connectivity index (χ0n) is 9.15. The molecule has 17 heavy (non-hydrogen) atoms. The Labute approximate surface area is 118 Å². The van der Waals surface area contributed by atoms with Crippen LogP contribution >= 0.6 is 34.2 Å². The largest absolute Gasteiger partial charge is 0.288 e. The molecule has 0 radical (unpaired) electrons. The van der Waals surface area contributed by atoms with Crippen LogP contribution in [-0.2, 0) is 6.54 Å². The Balaban J connectivity index is 2.33. The maximum absolute atomic E-state index is 12.1. The zero-order valence-corrected chi connectivity index (χ0v) is 12.1. The van der Waals surface area contributed by atoms with Gasteiger partial charge in [0.25, 0.3) is 0 Å². The van der Waals surface area contributed by atoms with Crippen LogP contribution in [0.5, 0.6) is 0 Å². The van der Waals surface area contributed by atoms with E-state index < -0.39 is 0 Å². The third-order valence-electron chi connectivity index (χ3n) is 2.40. The van der Waals surface area contributed by atoms with Gasteiger partial charge in [-0.15, -0.1) is 0 Å². The number of halogens is 2. The highest BCUT2D eigenvalue weighted by Crippen LogP contribution is 2.21. The Bertz CT molecular complexity index is 565. The fourth-order valence-corrected chi connectivity index (χ4v) is 1.97. The fourth-order valence-electron chi connectivity index (χ4n) is 1.46. The van der Waals surface area contributed by atoms with E-state index in [0.717, 1.165) is 10.1 Å². The minimum Gasteiger partial charge on any atom is -0.288 e. The molecule has 1 heterocycles. The molecule has 1 aromatic heterocycles. The predicted octanol–water partition coefficient (Wildman–Crippen LogP) is 3.39. The third kappa shape index (κ3) is 2.69. The number of hydrogen-bond donors (Lipinski definition) is 0. The zero-order chi connectivity index (χ0) is 12.4. The standard InChI is InChI=1S/C12H10ClIN2O/c1-2-16-7-9(6-15-16)12(17)8-3-4-11(14)10(13)5-8/h3-7H,2H2,1H3. The van der Waals surface area contributed by atoms with Gasteiger partial charge < -0.3 is 0 Å². The van der Waals surface area contributed by atoms with E-state index in [2.05, 4.69) is 27.7 Å². The lowest BCUT2D eigenvalue weighted by Gasteiger charge is -2.00. The summed E-state index contributed by atoms with van der Waals surface area (Å²) in [6.45, 7) is 2.73. The van der Waals surface area contributed by atoms with Gasteiger partial charge in [-0.3, -0.25) is 9.48 Å². The molecule has 88 valence electrons. The highest BCUT2D eigenvalue weighted by Gasteiger charge is 2.12. The molecule has 1 aromatic carbocycles. The second kappa shape index (κ2) is 5.18. The van der Waals surface area contributed by atoms with Crippen molar-refractivity contribution in [1.82, 2.24) is 9.78 Å². The van der Waals surface area contributed by atoms with Crippen molar-refractivity contribution in [2.75, 3.05) is 0 Å². The van der Waals surface area contributed by atoms with Crippen molar-refractivity contribution in [2.24, 2.45) is 0 Å². The Morgan fingerprint density at radius 3 is 2.82 bits per heavy atom. The van der Waals surface area contributed by atoms with Crippen LogP contribution in [0, 0.1) is 3.57 Å². The minimum atomic E-state index is -0.0528. The number of aryl methyl sites for hydroxylation is 1. The Hall–Kier alpha value is -0.880. The second-order valence-electron chi connectivity index (χ2n) is 3.54. The van der Waals surface area contributed by atoms with E-state index in [-0.39, 0.29) is 5.78 Å². The van der Waals surface area contributed by atoms with Gasteiger partial charge in [0.2, 0.25) is 0 Å². The topological polar surface area (TPSA) is 34.9 Å². The molecule has 0 atom stereocenters. The molecule has 2 aromatic rings. The summed E-state index contributed by atoms with van der Waals surface area (Å²) in [5, 5.41) is 4.68. The maximum atomic E-state index is 12.1. The Kier molecular flexibility index (Phi) is 3.83. The van der Waals surface area contributed by atoms with E-state index in [9.17, 15) is 4.79 Å². The fraction of sp³-hybridized carbons (Fsp3) is 0.167. The molecule has 0 aliphatic carbocycles. The number of carbonyl (C=O) groups excluding carboxylic acids is 1. The van der Waals surface area contributed by atoms with Gasteiger partial charge in [0, 0.05) is 21.9 Å². The van der Waals surface area contributed by atoms with Crippen LogP contribution in [-0.4, -0.2) is 15.6 Å². The number of carbonyl (C=O) groups is 1. The average molecular weight is 361 g/mol. The maximum Gasteiger partial charge on any atom is 0.196 e. The van der Waals surface area contributed by atoms with Crippen molar-refractivity contribution in [3.8, 4) is 0 Å². The van der Waals surface area contributed by atoms with E-state index in [1.807, 2.05) is 13.0 Å². The summed E-state index contributed by atoms with van der Waals surface area (Å²) in [4.78, 5) is 12.1. The molecule has 0 fully saturated rings. The SMILES string of the molecule is CCn1cc(C(=O)c2ccc(I)c(Cl)c2)cn1. The smallest absolute Gasteiger partial charge is 0.196 e. The molecule has 0 saturated carbocycles. The summed E-state index contributed by atoms with van der Waals surface area (Å²) in [5.41, 5.74) is 1.18. The highest BCUT2D eigenvalue weighted by atomic mass is 127. The molecular formula is C12H10ClIN2O. The molecular weight excluding hydrogens is 351 g/mol. The number of benzene rings is 1. The summed E-state index contributed by atoms with van der Waals surface area (Å²) < 4.78 is 2.66. The summed E-state index contributed by atoms with van der Waals surface area (Å²) >= 11 is 8.13. The first-order chi connectivity index (χ1) is 8.11. The van der Waals surface area contributed by atoms with Gasteiger partial charge in [0.15, 0.2) is 5.78 Å². The van der Waals surface area contributed by atoms with E-state index in [4.69, 9.17) is 11.6 Å². The van der Waals surface area contributed by atoms with Crippen molar-refractivity contribution in [1.29, 1.82) is 0 Å². The van der Waals surface area contributed by atoms with Gasteiger partial charge in [-0.05, 0) is 47.7 Å². The molecule has 0 saturated heterocycles. The van der Waals surface area contributed by atoms with Crippen molar-refractivity contribution < 1.29 is 4.79 Å². The van der Waals surface area contributed by atoms with E-state index in [1.54, 1.807) is 29.2 Å². The Morgan fingerprint density at radius 1 is 1.47 bits per heavy atom. The third-order valence-corrected chi connectivity index (χ3v) is 3.97. The van der Waals surface area contributed by atoms with Crippen molar-refractivity contribution in [3.63, 3.8) is 0 Å². The van der Waals surface area contributed by atoms with Crippen molar-refractivity contribution in [2.45, 2.75) is 13.5 Å². The van der Waals surface area contributed by atoms with Gasteiger partial charge in [0.05, 0.1) is 16.8 Å². The van der Waals surface area contributed by atoms with Crippen LogP contribution in [0.1, 0.15) is 22.8 Å². The monoisotopic (exact) mass is 360 g/mol. The lowest BCUT2D eigenvalue weighted by molar-refractivity contribution is 0.103. The molecule has 0 aliphatic heterocycles. The Morgan fingerprint density at radius 2 is 2.24 bits per heavy atom. The van der Waals surface area contributed by atoms with Gasteiger partial charge in [-0.25, -0.2) is 0 Å². The van der Waals surface area contributed by atoms with Crippen molar-refractivity contribution in [3.05, 3.63) is 50.3 Å². The molecule has 0 N–H and O–H groups in total. The molecule has 0 spiro atoms. The highest BCUT2D eigenvalue weighted by molar-refractivity contribution is 14.1. The quantitative estimate of drug-likeness (QED) is 0.621. The van der Waals surface area contributed by atoms with E-state index in [0.29, 0.717) is 16.1 Å². The predicted molar refractivity (Wildman–Crippen MR) is 75.5 cm³/mol. The first-order valence-corrected chi connectivity index (χ1v) is 6.59. The summed E-state index contributed by atoms with van der Waals surface area (Å²) in [6, 6.07) is 5.30. The van der Waals surface area contributed by atoms with Crippen LogP contribution in [0.4, 0.5) is 0 Å². The lowest BCUT2D eigenvalue weighted by Crippen LogP contribution is -2.00. The van der Waals surface area contributed by atoms with E-state index in [1.165, 1.54) is 0 Å². The normalized spacial score (nSPS) is 10.5. The van der Waals surface area contributed by atoms with Crippen LogP contribution in [0.15, 0.2) is 30.6 Å². The lowest BCUT2D eigenvalue weighted by atomic mass is 10.1. The summed E-state index contributed by atoms with van der Waals surface area (Å²) in [6.07, 6.45) is 3.33.